The van der Waals surface area contributed by atoms with Crippen molar-refractivity contribution >= 4 is 32.8 Å². The molecule has 0 bridgehead atoms. The largest absolute Gasteiger partial charge is 0.319 e. The lowest BCUT2D eigenvalue weighted by Crippen LogP contribution is -2.22. The molecule has 0 saturated heterocycles. The lowest BCUT2D eigenvalue weighted by Gasteiger charge is -2.11. The number of hydrogen-bond acceptors (Lipinski definition) is 5. The second-order valence-corrected chi connectivity index (χ2v) is 10.0. The van der Waals surface area contributed by atoms with Gasteiger partial charge in [0, 0.05) is 38.8 Å². The van der Waals surface area contributed by atoms with Gasteiger partial charge in [0.25, 0.3) is 0 Å². The number of unbranched alkanes of at least 4 members (excludes halogenated alkanes) is 1. The van der Waals surface area contributed by atoms with Crippen LogP contribution in [0.5, 0.6) is 0 Å². The van der Waals surface area contributed by atoms with Gasteiger partial charge in [-0.05, 0) is 48.7 Å². The standard InChI is InChI=1S/C20H26N4O2S2/c1-4-5-13-24-19-7-6-17(28(25,26)23(2)3)15-18(19)22-20(24)27-14-10-16-8-11-21-12-9-16/h6-9,11-12,15H,4-5,10,13-14H2,1-3H3. The van der Waals surface area contributed by atoms with E-state index in [1.165, 1.54) is 9.87 Å². The lowest BCUT2D eigenvalue weighted by molar-refractivity contribution is 0.521. The van der Waals surface area contributed by atoms with Crippen molar-refractivity contribution in [1.82, 2.24) is 18.8 Å². The van der Waals surface area contributed by atoms with Gasteiger partial charge in [-0.3, -0.25) is 4.98 Å². The summed E-state index contributed by atoms with van der Waals surface area (Å²) in [7, 11) is -0.388. The Balaban J connectivity index is 1.89. The van der Waals surface area contributed by atoms with E-state index in [1.807, 2.05) is 30.6 Å². The molecule has 0 unspecified atom stereocenters. The average molecular weight is 419 g/mol. The van der Waals surface area contributed by atoms with E-state index in [2.05, 4.69) is 16.5 Å². The highest BCUT2D eigenvalue weighted by atomic mass is 32.2. The third-order valence-corrected chi connectivity index (χ3v) is 7.36. The molecule has 8 heteroatoms. The van der Waals surface area contributed by atoms with Gasteiger partial charge in [-0.2, -0.15) is 0 Å². The van der Waals surface area contributed by atoms with Crippen LogP contribution in [0.15, 0.2) is 52.8 Å². The fourth-order valence-electron chi connectivity index (χ4n) is 2.91. The van der Waals surface area contributed by atoms with Gasteiger partial charge >= 0.3 is 0 Å². The van der Waals surface area contributed by atoms with Crippen LogP contribution in [-0.2, 0) is 23.0 Å². The Bertz CT molecular complexity index is 1030. The third-order valence-electron chi connectivity index (χ3n) is 4.57. The zero-order valence-corrected chi connectivity index (χ0v) is 18.1. The van der Waals surface area contributed by atoms with Gasteiger partial charge in [-0.1, -0.05) is 25.1 Å². The normalized spacial score (nSPS) is 12.1. The van der Waals surface area contributed by atoms with Crippen LogP contribution < -0.4 is 0 Å². The summed E-state index contributed by atoms with van der Waals surface area (Å²) < 4.78 is 28.3. The summed E-state index contributed by atoms with van der Waals surface area (Å²) in [6.45, 7) is 3.04. The van der Waals surface area contributed by atoms with Gasteiger partial charge < -0.3 is 4.57 Å². The molecule has 2 heterocycles. The number of aryl methyl sites for hydroxylation is 2. The first kappa shape index (κ1) is 20.8. The zero-order chi connectivity index (χ0) is 20.1. The molecule has 1 aromatic carbocycles. The van der Waals surface area contributed by atoms with Gasteiger partial charge in [0.05, 0.1) is 15.9 Å². The van der Waals surface area contributed by atoms with Crippen LogP contribution in [0.25, 0.3) is 11.0 Å². The molecule has 3 rings (SSSR count). The SMILES string of the molecule is CCCCn1c(SCCc2ccncc2)nc2cc(S(=O)(=O)N(C)C)ccc21. The van der Waals surface area contributed by atoms with E-state index in [0.29, 0.717) is 0 Å². The summed E-state index contributed by atoms with van der Waals surface area (Å²) in [5.74, 6) is 0.905. The van der Waals surface area contributed by atoms with Crippen LogP contribution in [-0.4, -0.2) is 47.1 Å². The number of fused-ring (bicyclic) bond motifs is 1. The number of imidazole rings is 1. The molecule has 28 heavy (non-hydrogen) atoms. The zero-order valence-electron chi connectivity index (χ0n) is 16.5. The maximum absolute atomic E-state index is 12.4. The van der Waals surface area contributed by atoms with Gasteiger partial charge in [0.1, 0.15) is 0 Å². The Morgan fingerprint density at radius 2 is 1.89 bits per heavy atom. The molecule has 0 aliphatic carbocycles. The summed E-state index contributed by atoms with van der Waals surface area (Å²) in [6.07, 6.45) is 6.70. The highest BCUT2D eigenvalue weighted by Gasteiger charge is 2.19. The minimum absolute atomic E-state index is 0.276. The maximum atomic E-state index is 12.4. The minimum atomic E-state index is -3.47. The molecular weight excluding hydrogens is 392 g/mol. The van der Waals surface area contributed by atoms with Crippen LogP contribution in [0, 0.1) is 0 Å². The van der Waals surface area contributed by atoms with Crippen molar-refractivity contribution in [3.63, 3.8) is 0 Å². The molecule has 0 aliphatic rings. The molecule has 3 aromatic rings. The van der Waals surface area contributed by atoms with E-state index < -0.39 is 10.0 Å². The topological polar surface area (TPSA) is 68.1 Å². The van der Waals surface area contributed by atoms with Crippen LogP contribution >= 0.6 is 11.8 Å². The van der Waals surface area contributed by atoms with Gasteiger partial charge in [-0.15, -0.1) is 0 Å². The Morgan fingerprint density at radius 1 is 1.14 bits per heavy atom. The fourth-order valence-corrected chi connectivity index (χ4v) is 4.86. The van der Waals surface area contributed by atoms with Crippen LogP contribution in [0.2, 0.25) is 0 Å². The van der Waals surface area contributed by atoms with Crippen LogP contribution in [0.1, 0.15) is 25.3 Å². The van der Waals surface area contributed by atoms with E-state index in [-0.39, 0.29) is 4.90 Å². The van der Waals surface area contributed by atoms with E-state index in [9.17, 15) is 8.42 Å². The molecule has 0 amide bonds. The number of pyridine rings is 1. The molecule has 0 aliphatic heterocycles. The second kappa shape index (κ2) is 9.07. The molecule has 2 aromatic heterocycles. The Hall–Kier alpha value is -1.90. The van der Waals surface area contributed by atoms with Crippen molar-refractivity contribution in [3.8, 4) is 0 Å². The minimum Gasteiger partial charge on any atom is -0.319 e. The highest BCUT2D eigenvalue weighted by Crippen LogP contribution is 2.28. The van der Waals surface area contributed by atoms with Crippen LogP contribution in [0.3, 0.4) is 0 Å². The Kier molecular flexibility index (Phi) is 6.74. The summed E-state index contributed by atoms with van der Waals surface area (Å²) in [6, 6.07) is 9.28. The monoisotopic (exact) mass is 418 g/mol. The molecule has 0 saturated carbocycles. The first-order valence-corrected chi connectivity index (χ1v) is 11.8. The van der Waals surface area contributed by atoms with E-state index in [1.54, 1.807) is 38.0 Å². The number of hydrogen-bond donors (Lipinski definition) is 0. The van der Waals surface area contributed by atoms with E-state index in [4.69, 9.17) is 4.98 Å². The third kappa shape index (κ3) is 4.56. The molecule has 0 atom stereocenters. The smallest absolute Gasteiger partial charge is 0.242 e. The number of nitrogens with zero attached hydrogens (tertiary/aromatic N) is 4. The number of rotatable bonds is 9. The van der Waals surface area contributed by atoms with Crippen LogP contribution in [0.4, 0.5) is 0 Å². The second-order valence-electron chi connectivity index (χ2n) is 6.79. The molecule has 150 valence electrons. The van der Waals surface area contributed by atoms with Crippen molar-refractivity contribution in [2.24, 2.45) is 0 Å². The lowest BCUT2D eigenvalue weighted by atomic mass is 10.2. The van der Waals surface area contributed by atoms with E-state index >= 15 is 0 Å². The first-order valence-electron chi connectivity index (χ1n) is 9.38. The number of aromatic nitrogens is 3. The van der Waals surface area contributed by atoms with Gasteiger partial charge in [0.2, 0.25) is 10.0 Å². The van der Waals surface area contributed by atoms with Gasteiger partial charge in [-0.25, -0.2) is 17.7 Å². The summed E-state index contributed by atoms with van der Waals surface area (Å²) >= 11 is 1.71. The number of benzene rings is 1. The molecular formula is C20H26N4O2S2. The van der Waals surface area contributed by atoms with Crippen molar-refractivity contribution in [3.05, 3.63) is 48.3 Å². The highest BCUT2D eigenvalue weighted by molar-refractivity contribution is 7.99. The molecule has 0 spiro atoms. The average Bonchev–Trinajstić information content (AvgIpc) is 3.03. The summed E-state index contributed by atoms with van der Waals surface area (Å²) in [4.78, 5) is 9.09. The molecule has 6 nitrogen and oxygen atoms in total. The van der Waals surface area contributed by atoms with Crippen molar-refractivity contribution in [1.29, 1.82) is 0 Å². The number of thioether (sulfide) groups is 1. The Labute approximate surface area is 171 Å². The molecule has 0 N–H and O–H groups in total. The van der Waals surface area contributed by atoms with E-state index in [0.717, 1.165) is 47.7 Å². The van der Waals surface area contributed by atoms with Gasteiger partial charge in [0.15, 0.2) is 5.16 Å². The summed E-state index contributed by atoms with van der Waals surface area (Å²) in [5, 5.41) is 0.942. The first-order chi connectivity index (χ1) is 13.4. The predicted octanol–water partition coefficient (Wildman–Crippen LogP) is 3.82. The molecule has 0 radical (unpaired) electrons. The quantitative estimate of drug-likeness (QED) is 0.494. The van der Waals surface area contributed by atoms with Crippen molar-refractivity contribution in [2.45, 2.75) is 42.8 Å². The maximum Gasteiger partial charge on any atom is 0.242 e. The van der Waals surface area contributed by atoms with Crippen molar-refractivity contribution < 1.29 is 8.42 Å². The fraction of sp³-hybridized carbons (Fsp3) is 0.400. The number of sulfonamides is 1. The molecule has 0 fully saturated rings. The Morgan fingerprint density at radius 3 is 2.57 bits per heavy atom. The summed E-state index contributed by atoms with van der Waals surface area (Å²) in [5.41, 5.74) is 2.96. The van der Waals surface area contributed by atoms with Crippen molar-refractivity contribution in [2.75, 3.05) is 19.8 Å². The predicted molar refractivity (Wildman–Crippen MR) is 114 cm³/mol.